The van der Waals surface area contributed by atoms with Crippen LogP contribution < -0.4 is 10.6 Å². The molecular formula is C16H24N2. The molecule has 1 aromatic rings. The Kier molecular flexibility index (Phi) is 3.19. The van der Waals surface area contributed by atoms with E-state index in [9.17, 15) is 0 Å². The zero-order valence-corrected chi connectivity index (χ0v) is 11.4. The van der Waals surface area contributed by atoms with Crippen molar-refractivity contribution in [1.82, 2.24) is 0 Å². The summed E-state index contributed by atoms with van der Waals surface area (Å²) in [5.41, 5.74) is 4.43. The van der Waals surface area contributed by atoms with Crippen LogP contribution in [0.25, 0.3) is 0 Å². The highest BCUT2D eigenvalue weighted by Crippen LogP contribution is 2.39. The summed E-state index contributed by atoms with van der Waals surface area (Å²) in [5.74, 6) is 0. The number of rotatable bonds is 0. The maximum atomic E-state index is 3.72. The molecule has 0 unspecified atom stereocenters. The summed E-state index contributed by atoms with van der Waals surface area (Å²) in [4.78, 5) is 0. The lowest BCUT2D eigenvalue weighted by Crippen LogP contribution is -2.34. The summed E-state index contributed by atoms with van der Waals surface area (Å²) in [6.45, 7) is 4.47. The molecule has 1 aliphatic heterocycles. The van der Waals surface area contributed by atoms with E-state index < -0.39 is 0 Å². The second kappa shape index (κ2) is 4.83. The van der Waals surface area contributed by atoms with E-state index in [1.54, 1.807) is 0 Å². The summed E-state index contributed by atoms with van der Waals surface area (Å²) in [5, 5.41) is 7.41. The predicted molar refractivity (Wildman–Crippen MR) is 78.3 cm³/mol. The van der Waals surface area contributed by atoms with Crippen LogP contribution in [0.3, 0.4) is 0 Å². The van der Waals surface area contributed by atoms with E-state index in [4.69, 9.17) is 0 Å². The number of para-hydroxylation sites is 1. The van der Waals surface area contributed by atoms with Crippen LogP contribution in [-0.4, -0.2) is 13.1 Å². The molecule has 18 heavy (non-hydrogen) atoms. The lowest BCUT2D eigenvalue weighted by Gasteiger charge is -2.31. The molecule has 1 heterocycles. The van der Waals surface area contributed by atoms with Gasteiger partial charge >= 0.3 is 0 Å². The summed E-state index contributed by atoms with van der Waals surface area (Å²) in [6.07, 6.45) is 8.40. The molecule has 3 rings (SSSR count). The Morgan fingerprint density at radius 2 is 1.67 bits per heavy atom. The Labute approximate surface area is 110 Å². The van der Waals surface area contributed by atoms with Crippen molar-refractivity contribution in [3.8, 4) is 0 Å². The Morgan fingerprint density at radius 3 is 2.44 bits per heavy atom. The lowest BCUT2D eigenvalue weighted by molar-refractivity contribution is 0.286. The van der Waals surface area contributed by atoms with Gasteiger partial charge in [0.05, 0.1) is 11.4 Å². The number of hydrogen-bond donors (Lipinski definition) is 2. The van der Waals surface area contributed by atoms with Crippen molar-refractivity contribution in [3.63, 3.8) is 0 Å². The second-order valence-corrected chi connectivity index (χ2v) is 6.12. The van der Waals surface area contributed by atoms with Gasteiger partial charge < -0.3 is 10.6 Å². The van der Waals surface area contributed by atoms with Gasteiger partial charge in [0, 0.05) is 18.5 Å². The Hall–Kier alpha value is -1.18. The summed E-state index contributed by atoms with van der Waals surface area (Å²) in [6, 6.07) is 6.54. The molecule has 1 aliphatic carbocycles. The van der Waals surface area contributed by atoms with E-state index in [1.807, 2.05) is 0 Å². The third-order valence-electron chi connectivity index (χ3n) is 4.73. The van der Waals surface area contributed by atoms with Crippen molar-refractivity contribution >= 4 is 11.4 Å². The van der Waals surface area contributed by atoms with E-state index in [-0.39, 0.29) is 0 Å². The average Bonchev–Trinajstić information content (AvgIpc) is 2.71. The van der Waals surface area contributed by atoms with Gasteiger partial charge in [0.15, 0.2) is 0 Å². The highest BCUT2D eigenvalue weighted by Gasteiger charge is 2.32. The maximum Gasteiger partial charge on any atom is 0.0605 e. The molecule has 0 aromatic heterocycles. The molecular weight excluding hydrogens is 220 g/mol. The molecule has 2 heteroatoms. The first-order valence-electron chi connectivity index (χ1n) is 7.37. The Morgan fingerprint density at radius 1 is 0.944 bits per heavy atom. The molecule has 0 saturated heterocycles. The van der Waals surface area contributed by atoms with E-state index in [2.05, 4.69) is 35.8 Å². The minimum atomic E-state index is 0.474. The molecule has 0 radical (unpaired) electrons. The van der Waals surface area contributed by atoms with Crippen LogP contribution in [0.2, 0.25) is 0 Å². The van der Waals surface area contributed by atoms with Crippen LogP contribution in [0.4, 0.5) is 11.4 Å². The van der Waals surface area contributed by atoms with Crippen LogP contribution in [0, 0.1) is 12.3 Å². The monoisotopic (exact) mass is 244 g/mol. The van der Waals surface area contributed by atoms with E-state index >= 15 is 0 Å². The number of fused-ring (bicyclic) bond motifs is 1. The predicted octanol–water partition coefficient (Wildman–Crippen LogP) is 4.17. The standard InChI is InChI=1S/C16H24N2/c1-13-7-6-8-14-15(13)18-12-16(11-17-14)9-4-2-3-5-10-16/h6-8,17-18H,2-5,9-12H2,1H3. The molecule has 2 nitrogen and oxygen atoms in total. The molecule has 1 aromatic carbocycles. The Bertz CT molecular complexity index is 417. The minimum absolute atomic E-state index is 0.474. The lowest BCUT2D eigenvalue weighted by atomic mass is 9.80. The summed E-state index contributed by atoms with van der Waals surface area (Å²) >= 11 is 0. The third kappa shape index (κ3) is 2.21. The van der Waals surface area contributed by atoms with E-state index in [1.165, 1.54) is 55.5 Å². The second-order valence-electron chi connectivity index (χ2n) is 6.12. The fourth-order valence-corrected chi connectivity index (χ4v) is 3.50. The average molecular weight is 244 g/mol. The molecule has 0 amide bonds. The topological polar surface area (TPSA) is 24.1 Å². The normalized spacial score (nSPS) is 22.3. The van der Waals surface area contributed by atoms with Gasteiger partial charge in [-0.15, -0.1) is 0 Å². The Balaban J connectivity index is 1.83. The highest BCUT2D eigenvalue weighted by molar-refractivity contribution is 5.73. The van der Waals surface area contributed by atoms with Gasteiger partial charge in [-0.1, -0.05) is 37.8 Å². The van der Waals surface area contributed by atoms with E-state index in [0.29, 0.717) is 5.41 Å². The number of anilines is 2. The van der Waals surface area contributed by atoms with Gasteiger partial charge in [0.25, 0.3) is 0 Å². The van der Waals surface area contributed by atoms with Gasteiger partial charge in [-0.05, 0) is 31.4 Å². The first-order chi connectivity index (χ1) is 8.79. The van der Waals surface area contributed by atoms with Gasteiger partial charge in [-0.3, -0.25) is 0 Å². The van der Waals surface area contributed by atoms with Crippen LogP contribution >= 0.6 is 0 Å². The maximum absolute atomic E-state index is 3.72. The number of nitrogens with one attached hydrogen (secondary N) is 2. The van der Waals surface area contributed by atoms with Crippen molar-refractivity contribution in [2.24, 2.45) is 5.41 Å². The fraction of sp³-hybridized carbons (Fsp3) is 0.625. The first kappa shape index (κ1) is 11.9. The SMILES string of the molecule is Cc1cccc2c1NCC1(CCCCCC1)CN2. The quantitative estimate of drug-likeness (QED) is 0.715. The van der Waals surface area contributed by atoms with Crippen LogP contribution in [0.5, 0.6) is 0 Å². The summed E-state index contributed by atoms with van der Waals surface area (Å²) < 4.78 is 0. The smallest absolute Gasteiger partial charge is 0.0605 e. The first-order valence-corrected chi connectivity index (χ1v) is 7.37. The van der Waals surface area contributed by atoms with Crippen molar-refractivity contribution < 1.29 is 0 Å². The zero-order valence-electron chi connectivity index (χ0n) is 11.4. The third-order valence-corrected chi connectivity index (χ3v) is 4.73. The molecule has 0 bridgehead atoms. The minimum Gasteiger partial charge on any atom is -0.383 e. The highest BCUT2D eigenvalue weighted by atomic mass is 15.0. The van der Waals surface area contributed by atoms with E-state index in [0.717, 1.165) is 13.1 Å². The number of benzene rings is 1. The van der Waals surface area contributed by atoms with Crippen LogP contribution in [-0.2, 0) is 0 Å². The van der Waals surface area contributed by atoms with Crippen molar-refractivity contribution in [3.05, 3.63) is 23.8 Å². The molecule has 1 fully saturated rings. The van der Waals surface area contributed by atoms with Crippen molar-refractivity contribution in [2.45, 2.75) is 45.4 Å². The number of hydrogen-bond acceptors (Lipinski definition) is 2. The zero-order chi connectivity index (χ0) is 12.4. The number of aryl methyl sites for hydroxylation is 1. The fourth-order valence-electron chi connectivity index (χ4n) is 3.50. The summed E-state index contributed by atoms with van der Waals surface area (Å²) in [7, 11) is 0. The van der Waals surface area contributed by atoms with Crippen LogP contribution in [0.15, 0.2) is 18.2 Å². The van der Waals surface area contributed by atoms with Crippen molar-refractivity contribution in [1.29, 1.82) is 0 Å². The van der Waals surface area contributed by atoms with Crippen molar-refractivity contribution in [2.75, 3.05) is 23.7 Å². The molecule has 0 atom stereocenters. The molecule has 2 N–H and O–H groups in total. The molecule has 1 saturated carbocycles. The molecule has 98 valence electrons. The van der Waals surface area contributed by atoms with Gasteiger partial charge in [0.2, 0.25) is 0 Å². The van der Waals surface area contributed by atoms with Gasteiger partial charge in [0.1, 0.15) is 0 Å². The van der Waals surface area contributed by atoms with Crippen LogP contribution in [0.1, 0.15) is 44.1 Å². The molecule has 2 aliphatic rings. The molecule has 1 spiro atoms. The van der Waals surface area contributed by atoms with Gasteiger partial charge in [-0.25, -0.2) is 0 Å². The largest absolute Gasteiger partial charge is 0.383 e. The van der Waals surface area contributed by atoms with Gasteiger partial charge in [-0.2, -0.15) is 0 Å².